The standard InChI is InChI=1S/C13H10N2O5S/c1-5-2-3-6-7(4-5)15-13(14-6)21-10-8(16)12(19)20-9(10)11(17)18/h2-4,9-10H,1H3,(H,14,15)(H,17,18). The zero-order valence-electron chi connectivity index (χ0n) is 10.8. The summed E-state index contributed by atoms with van der Waals surface area (Å²) in [5.41, 5.74) is 2.52. The second-order valence-corrected chi connectivity index (χ2v) is 5.76. The van der Waals surface area contributed by atoms with E-state index in [4.69, 9.17) is 5.11 Å². The van der Waals surface area contributed by atoms with Crippen LogP contribution in [0.1, 0.15) is 5.56 Å². The van der Waals surface area contributed by atoms with Crippen molar-refractivity contribution in [3.63, 3.8) is 0 Å². The minimum atomic E-state index is -1.48. The van der Waals surface area contributed by atoms with Gasteiger partial charge in [-0.1, -0.05) is 17.8 Å². The molecule has 2 unspecified atom stereocenters. The number of aromatic amines is 1. The number of fused-ring (bicyclic) bond motifs is 1. The molecule has 3 rings (SSSR count). The van der Waals surface area contributed by atoms with Crippen LogP contribution in [0.3, 0.4) is 0 Å². The largest absolute Gasteiger partial charge is 0.478 e. The first-order valence-electron chi connectivity index (χ1n) is 6.06. The molecule has 2 atom stereocenters. The summed E-state index contributed by atoms with van der Waals surface area (Å²) < 4.78 is 4.56. The van der Waals surface area contributed by atoms with Crippen LogP contribution in [0, 0.1) is 6.92 Å². The fraction of sp³-hybridized carbons (Fsp3) is 0.231. The van der Waals surface area contributed by atoms with Gasteiger partial charge in [0.1, 0.15) is 5.25 Å². The number of nitrogens with zero attached hydrogens (tertiary/aromatic N) is 1. The number of carbonyl (C=O) groups excluding carboxylic acids is 2. The summed E-state index contributed by atoms with van der Waals surface area (Å²) in [6, 6.07) is 5.60. The zero-order valence-corrected chi connectivity index (χ0v) is 11.6. The van der Waals surface area contributed by atoms with E-state index in [9.17, 15) is 14.4 Å². The Morgan fingerprint density at radius 1 is 1.43 bits per heavy atom. The lowest BCUT2D eigenvalue weighted by Crippen LogP contribution is -2.31. The van der Waals surface area contributed by atoms with Crippen molar-refractivity contribution < 1.29 is 24.2 Å². The van der Waals surface area contributed by atoms with Gasteiger partial charge in [0.25, 0.3) is 5.78 Å². The molecule has 0 saturated carbocycles. The predicted octanol–water partition coefficient (Wildman–Crippen LogP) is 0.911. The first-order chi connectivity index (χ1) is 9.95. The third-order valence-corrected chi connectivity index (χ3v) is 4.20. The Labute approximate surface area is 122 Å². The number of aliphatic carboxylic acids is 1. The summed E-state index contributed by atoms with van der Waals surface area (Å²) in [6.45, 7) is 1.93. The number of cyclic esters (lactones) is 1. The highest BCUT2D eigenvalue weighted by atomic mass is 32.2. The molecule has 1 aliphatic heterocycles. The Balaban J connectivity index is 1.91. The Morgan fingerprint density at radius 2 is 2.19 bits per heavy atom. The second kappa shape index (κ2) is 4.88. The molecule has 1 aromatic carbocycles. The Kier molecular flexibility index (Phi) is 3.17. The minimum absolute atomic E-state index is 0.374. The van der Waals surface area contributed by atoms with Gasteiger partial charge in [-0.15, -0.1) is 0 Å². The number of nitrogens with one attached hydrogen (secondary N) is 1. The lowest BCUT2D eigenvalue weighted by molar-refractivity contribution is -0.158. The number of hydrogen-bond acceptors (Lipinski definition) is 6. The van der Waals surface area contributed by atoms with Crippen LogP contribution < -0.4 is 0 Å². The fourth-order valence-electron chi connectivity index (χ4n) is 2.06. The van der Waals surface area contributed by atoms with E-state index in [1.165, 1.54) is 0 Å². The highest BCUT2D eigenvalue weighted by molar-refractivity contribution is 8.00. The molecule has 0 amide bonds. The lowest BCUT2D eigenvalue weighted by Gasteiger charge is -2.09. The number of H-pyrrole nitrogens is 1. The number of ketones is 1. The molecule has 7 nitrogen and oxygen atoms in total. The lowest BCUT2D eigenvalue weighted by atomic mass is 10.2. The molecule has 2 aromatic rings. The van der Waals surface area contributed by atoms with Crippen molar-refractivity contribution in [2.24, 2.45) is 0 Å². The number of rotatable bonds is 3. The number of imidazole rings is 1. The van der Waals surface area contributed by atoms with Crippen LogP contribution in [0.15, 0.2) is 23.4 Å². The van der Waals surface area contributed by atoms with Gasteiger partial charge in [0, 0.05) is 0 Å². The zero-order chi connectivity index (χ0) is 15.1. The van der Waals surface area contributed by atoms with E-state index in [1.54, 1.807) is 0 Å². The number of carboxylic acids is 1. The van der Waals surface area contributed by atoms with Gasteiger partial charge in [-0.3, -0.25) is 4.79 Å². The van der Waals surface area contributed by atoms with Gasteiger partial charge < -0.3 is 14.8 Å². The first kappa shape index (κ1) is 13.6. The van der Waals surface area contributed by atoms with Crippen molar-refractivity contribution in [2.75, 3.05) is 0 Å². The highest BCUT2D eigenvalue weighted by Crippen LogP contribution is 2.31. The summed E-state index contributed by atoms with van der Waals surface area (Å²) in [5.74, 6) is -3.32. The minimum Gasteiger partial charge on any atom is -0.478 e. The molecule has 1 aromatic heterocycles. The van der Waals surface area contributed by atoms with Gasteiger partial charge in [0.05, 0.1) is 11.0 Å². The van der Waals surface area contributed by atoms with Gasteiger partial charge in [-0.25, -0.2) is 14.6 Å². The van der Waals surface area contributed by atoms with E-state index in [-0.39, 0.29) is 0 Å². The van der Waals surface area contributed by atoms with Gasteiger partial charge in [0.2, 0.25) is 6.10 Å². The Bertz CT molecular complexity index is 769. The molecule has 2 N–H and O–H groups in total. The molecule has 0 aliphatic carbocycles. The van der Waals surface area contributed by atoms with E-state index in [1.807, 2.05) is 25.1 Å². The molecular weight excluding hydrogens is 296 g/mol. The Hall–Kier alpha value is -2.35. The molecule has 108 valence electrons. The maximum atomic E-state index is 11.7. The molecule has 2 heterocycles. The van der Waals surface area contributed by atoms with Gasteiger partial charge in [0.15, 0.2) is 5.16 Å². The number of esters is 1. The summed E-state index contributed by atoms with van der Waals surface area (Å²) in [5, 5.41) is 8.25. The third-order valence-electron chi connectivity index (χ3n) is 3.07. The molecular formula is C13H10N2O5S. The van der Waals surface area contributed by atoms with E-state index in [2.05, 4.69) is 14.7 Å². The summed E-state index contributed by atoms with van der Waals surface area (Å²) in [4.78, 5) is 41.2. The highest BCUT2D eigenvalue weighted by Gasteiger charge is 2.48. The number of ether oxygens (including phenoxy) is 1. The number of thioether (sulfide) groups is 1. The van der Waals surface area contributed by atoms with Crippen LogP contribution in [-0.2, 0) is 19.1 Å². The molecule has 21 heavy (non-hydrogen) atoms. The van der Waals surface area contributed by atoms with Crippen molar-refractivity contribution in [3.05, 3.63) is 23.8 Å². The molecule has 0 spiro atoms. The second-order valence-electron chi connectivity index (χ2n) is 4.63. The smallest absolute Gasteiger partial charge is 0.376 e. The van der Waals surface area contributed by atoms with Gasteiger partial charge in [-0.05, 0) is 24.6 Å². The van der Waals surface area contributed by atoms with Crippen LogP contribution in [0.25, 0.3) is 11.0 Å². The van der Waals surface area contributed by atoms with Gasteiger partial charge >= 0.3 is 11.9 Å². The van der Waals surface area contributed by atoms with Crippen molar-refractivity contribution >= 4 is 40.5 Å². The average Bonchev–Trinajstić information content (AvgIpc) is 2.94. The number of hydrogen-bond donors (Lipinski definition) is 2. The van der Waals surface area contributed by atoms with Gasteiger partial charge in [-0.2, -0.15) is 0 Å². The van der Waals surface area contributed by atoms with Crippen LogP contribution >= 0.6 is 11.8 Å². The normalized spacial score (nSPS) is 21.8. The van der Waals surface area contributed by atoms with Crippen LogP contribution in [0.4, 0.5) is 0 Å². The number of Topliss-reactive ketones (excluding diaryl/α,β-unsaturated/α-hetero) is 1. The van der Waals surface area contributed by atoms with E-state index in [0.717, 1.165) is 22.8 Å². The Morgan fingerprint density at radius 3 is 2.90 bits per heavy atom. The maximum absolute atomic E-state index is 11.7. The van der Waals surface area contributed by atoms with E-state index < -0.39 is 29.1 Å². The summed E-state index contributed by atoms with van der Waals surface area (Å²) >= 11 is 0.888. The van der Waals surface area contributed by atoms with Crippen molar-refractivity contribution in [1.29, 1.82) is 0 Å². The summed E-state index contributed by atoms with van der Waals surface area (Å²) in [7, 11) is 0. The first-order valence-corrected chi connectivity index (χ1v) is 6.94. The number of carbonyl (C=O) groups is 3. The number of aryl methyl sites for hydroxylation is 1. The monoisotopic (exact) mass is 306 g/mol. The van der Waals surface area contributed by atoms with Crippen molar-refractivity contribution in [2.45, 2.75) is 23.4 Å². The van der Waals surface area contributed by atoms with Crippen LogP contribution in [-0.4, -0.2) is 44.2 Å². The third kappa shape index (κ3) is 2.38. The quantitative estimate of drug-likeness (QED) is 0.640. The summed E-state index contributed by atoms with van der Waals surface area (Å²) in [6.07, 6.45) is -1.48. The maximum Gasteiger partial charge on any atom is 0.376 e. The van der Waals surface area contributed by atoms with Crippen LogP contribution in [0.2, 0.25) is 0 Å². The SMILES string of the molecule is Cc1ccc2nc(SC3C(=O)C(=O)OC3C(=O)O)[nH]c2c1. The van der Waals surface area contributed by atoms with Crippen molar-refractivity contribution in [3.8, 4) is 0 Å². The average molecular weight is 306 g/mol. The molecule has 1 aliphatic rings. The molecule has 0 bridgehead atoms. The topological polar surface area (TPSA) is 109 Å². The predicted molar refractivity (Wildman–Crippen MR) is 73.0 cm³/mol. The van der Waals surface area contributed by atoms with Crippen LogP contribution in [0.5, 0.6) is 0 Å². The fourth-order valence-corrected chi connectivity index (χ4v) is 3.12. The number of carboxylic acid groups (broad SMARTS) is 1. The molecule has 1 fully saturated rings. The number of benzene rings is 1. The molecule has 8 heteroatoms. The number of aromatic nitrogens is 2. The molecule has 1 saturated heterocycles. The van der Waals surface area contributed by atoms with Crippen molar-refractivity contribution in [1.82, 2.24) is 9.97 Å². The molecule has 0 radical (unpaired) electrons. The van der Waals surface area contributed by atoms with E-state index >= 15 is 0 Å². The van der Waals surface area contributed by atoms with E-state index in [0.29, 0.717) is 10.7 Å².